The molecule has 0 aliphatic rings. The van der Waals surface area contributed by atoms with Crippen molar-refractivity contribution in [1.29, 1.82) is 0 Å². The molecule has 1 N–H and O–H groups in total. The molecule has 0 aliphatic carbocycles. The van der Waals surface area contributed by atoms with Crippen LogP contribution in [0.15, 0.2) is 48.0 Å². The van der Waals surface area contributed by atoms with Gasteiger partial charge in [0.1, 0.15) is 0 Å². The number of rotatable bonds is 8. The second-order valence-corrected chi connectivity index (χ2v) is 6.85. The molecular formula is C19H20ClN3OS. The number of nitrogens with zero attached hydrogens (tertiary/aromatic N) is 2. The molecule has 130 valence electrons. The first-order valence-corrected chi connectivity index (χ1v) is 9.58. The SMILES string of the molecule is CCCCCOc1ccc(Nc2nc(-c3ccccc3Cl)cs2)cn1. The van der Waals surface area contributed by atoms with Gasteiger partial charge in [-0.25, -0.2) is 9.97 Å². The smallest absolute Gasteiger partial charge is 0.213 e. The number of ether oxygens (including phenoxy) is 1. The highest BCUT2D eigenvalue weighted by atomic mass is 35.5. The van der Waals surface area contributed by atoms with E-state index in [0.717, 1.165) is 28.5 Å². The van der Waals surface area contributed by atoms with Crippen molar-refractivity contribution in [2.45, 2.75) is 26.2 Å². The summed E-state index contributed by atoms with van der Waals surface area (Å²) < 4.78 is 5.62. The van der Waals surface area contributed by atoms with Crippen LogP contribution in [-0.2, 0) is 0 Å². The van der Waals surface area contributed by atoms with E-state index in [1.165, 1.54) is 24.2 Å². The molecule has 0 unspecified atom stereocenters. The minimum atomic E-state index is 0.651. The van der Waals surface area contributed by atoms with Crippen LogP contribution in [0.2, 0.25) is 5.02 Å². The molecule has 1 aromatic carbocycles. The zero-order valence-electron chi connectivity index (χ0n) is 14.0. The van der Waals surface area contributed by atoms with Gasteiger partial charge in [-0.1, -0.05) is 49.6 Å². The lowest BCUT2D eigenvalue weighted by Crippen LogP contribution is -1.99. The van der Waals surface area contributed by atoms with Crippen LogP contribution in [0.5, 0.6) is 5.88 Å². The van der Waals surface area contributed by atoms with E-state index < -0.39 is 0 Å². The zero-order chi connectivity index (χ0) is 17.5. The number of anilines is 2. The second-order valence-electron chi connectivity index (χ2n) is 5.58. The maximum absolute atomic E-state index is 6.23. The summed E-state index contributed by atoms with van der Waals surface area (Å²) in [6.45, 7) is 2.88. The Balaban J connectivity index is 1.60. The van der Waals surface area contributed by atoms with E-state index in [9.17, 15) is 0 Å². The van der Waals surface area contributed by atoms with Crippen molar-refractivity contribution in [3.8, 4) is 17.1 Å². The number of aromatic nitrogens is 2. The minimum Gasteiger partial charge on any atom is -0.478 e. The molecule has 0 saturated carbocycles. The topological polar surface area (TPSA) is 47.0 Å². The van der Waals surface area contributed by atoms with Crippen LogP contribution < -0.4 is 10.1 Å². The lowest BCUT2D eigenvalue weighted by atomic mass is 10.2. The van der Waals surface area contributed by atoms with Gasteiger partial charge in [-0.15, -0.1) is 11.3 Å². The fraction of sp³-hybridized carbons (Fsp3) is 0.263. The third-order valence-electron chi connectivity index (χ3n) is 3.64. The zero-order valence-corrected chi connectivity index (χ0v) is 15.6. The molecule has 0 amide bonds. The average Bonchev–Trinajstić information content (AvgIpc) is 3.09. The second kappa shape index (κ2) is 8.83. The molecule has 0 bridgehead atoms. The standard InChI is InChI=1S/C19H20ClN3OS/c1-2-3-6-11-24-18-10-9-14(12-21-18)22-19-23-17(13-25-19)15-7-4-5-8-16(15)20/h4-5,7-10,12-13H,2-3,6,11H2,1H3,(H,22,23). The molecule has 0 aliphatic heterocycles. The maximum atomic E-state index is 6.23. The molecule has 2 heterocycles. The number of benzene rings is 1. The first-order chi connectivity index (χ1) is 12.3. The van der Waals surface area contributed by atoms with E-state index in [2.05, 4.69) is 22.2 Å². The summed E-state index contributed by atoms with van der Waals surface area (Å²) in [7, 11) is 0. The summed E-state index contributed by atoms with van der Waals surface area (Å²) in [4.78, 5) is 8.92. The van der Waals surface area contributed by atoms with Crippen molar-refractivity contribution in [1.82, 2.24) is 9.97 Å². The Morgan fingerprint density at radius 3 is 2.80 bits per heavy atom. The molecule has 3 aromatic rings. The largest absolute Gasteiger partial charge is 0.478 e. The number of nitrogens with one attached hydrogen (secondary N) is 1. The maximum Gasteiger partial charge on any atom is 0.213 e. The van der Waals surface area contributed by atoms with Crippen molar-refractivity contribution in [2.75, 3.05) is 11.9 Å². The van der Waals surface area contributed by atoms with Crippen molar-refractivity contribution in [2.24, 2.45) is 0 Å². The van der Waals surface area contributed by atoms with Gasteiger partial charge in [0.15, 0.2) is 5.13 Å². The summed E-state index contributed by atoms with van der Waals surface area (Å²) >= 11 is 7.76. The molecule has 4 nitrogen and oxygen atoms in total. The highest BCUT2D eigenvalue weighted by molar-refractivity contribution is 7.14. The van der Waals surface area contributed by atoms with Crippen LogP contribution in [0.25, 0.3) is 11.3 Å². The summed E-state index contributed by atoms with van der Waals surface area (Å²) in [5.41, 5.74) is 2.67. The van der Waals surface area contributed by atoms with E-state index in [1.807, 2.05) is 41.8 Å². The monoisotopic (exact) mass is 373 g/mol. The molecule has 6 heteroatoms. The van der Waals surface area contributed by atoms with Crippen LogP contribution in [0, 0.1) is 0 Å². The Bertz CT molecular complexity index is 804. The lowest BCUT2D eigenvalue weighted by Gasteiger charge is -2.06. The normalized spacial score (nSPS) is 10.6. The van der Waals surface area contributed by atoms with E-state index in [1.54, 1.807) is 6.20 Å². The predicted molar refractivity (Wildman–Crippen MR) is 105 cm³/mol. The van der Waals surface area contributed by atoms with Gasteiger partial charge in [-0.3, -0.25) is 0 Å². The number of hydrogen-bond acceptors (Lipinski definition) is 5. The summed E-state index contributed by atoms with van der Waals surface area (Å²) in [5, 5.41) is 6.75. The van der Waals surface area contributed by atoms with Crippen LogP contribution in [0.4, 0.5) is 10.8 Å². The van der Waals surface area contributed by atoms with E-state index in [4.69, 9.17) is 16.3 Å². The Labute approximate surface area is 156 Å². The quantitative estimate of drug-likeness (QED) is 0.479. The first kappa shape index (κ1) is 17.7. The molecule has 0 spiro atoms. The first-order valence-electron chi connectivity index (χ1n) is 8.32. The van der Waals surface area contributed by atoms with Gasteiger partial charge in [0, 0.05) is 22.0 Å². The number of pyridine rings is 1. The fourth-order valence-electron chi connectivity index (χ4n) is 2.32. The number of hydrogen-bond donors (Lipinski definition) is 1. The van der Waals surface area contributed by atoms with Crippen LogP contribution in [0.3, 0.4) is 0 Å². The molecule has 0 radical (unpaired) electrons. The van der Waals surface area contributed by atoms with Gasteiger partial charge < -0.3 is 10.1 Å². The molecule has 0 saturated heterocycles. The van der Waals surface area contributed by atoms with Crippen LogP contribution in [0.1, 0.15) is 26.2 Å². The minimum absolute atomic E-state index is 0.651. The van der Waals surface area contributed by atoms with Crippen LogP contribution >= 0.6 is 22.9 Å². The van der Waals surface area contributed by atoms with Crippen LogP contribution in [-0.4, -0.2) is 16.6 Å². The van der Waals surface area contributed by atoms with Gasteiger partial charge in [-0.05, 0) is 18.6 Å². The Morgan fingerprint density at radius 1 is 1.16 bits per heavy atom. The van der Waals surface area contributed by atoms with E-state index >= 15 is 0 Å². The molecule has 2 aromatic heterocycles. The fourth-order valence-corrected chi connectivity index (χ4v) is 3.28. The van der Waals surface area contributed by atoms with Gasteiger partial charge in [-0.2, -0.15) is 0 Å². The Kier molecular flexibility index (Phi) is 6.25. The van der Waals surface area contributed by atoms with Gasteiger partial charge in [0.2, 0.25) is 5.88 Å². The van der Waals surface area contributed by atoms with E-state index in [0.29, 0.717) is 17.5 Å². The summed E-state index contributed by atoms with van der Waals surface area (Å²) in [5.74, 6) is 0.651. The number of halogens is 1. The lowest BCUT2D eigenvalue weighted by molar-refractivity contribution is 0.295. The third kappa shape index (κ3) is 4.94. The van der Waals surface area contributed by atoms with Gasteiger partial charge in [0.25, 0.3) is 0 Å². The highest BCUT2D eigenvalue weighted by Crippen LogP contribution is 2.31. The third-order valence-corrected chi connectivity index (χ3v) is 4.73. The van der Waals surface area contributed by atoms with Crippen molar-refractivity contribution < 1.29 is 4.74 Å². The molecule has 25 heavy (non-hydrogen) atoms. The molecule has 3 rings (SSSR count). The summed E-state index contributed by atoms with van der Waals surface area (Å²) in [6.07, 6.45) is 5.18. The highest BCUT2D eigenvalue weighted by Gasteiger charge is 2.08. The molecular weight excluding hydrogens is 354 g/mol. The van der Waals surface area contributed by atoms with Gasteiger partial charge >= 0.3 is 0 Å². The average molecular weight is 374 g/mol. The predicted octanol–water partition coefficient (Wildman–Crippen LogP) is 6.17. The number of thiazole rings is 1. The van der Waals surface area contributed by atoms with Crippen molar-refractivity contribution >= 4 is 33.8 Å². The summed E-state index contributed by atoms with van der Waals surface area (Å²) in [6, 6.07) is 11.5. The molecule has 0 atom stereocenters. The van der Waals surface area contributed by atoms with Crippen molar-refractivity contribution in [3.05, 3.63) is 53.0 Å². The van der Waals surface area contributed by atoms with E-state index in [-0.39, 0.29) is 0 Å². The number of unbranched alkanes of at least 4 members (excludes halogenated alkanes) is 2. The van der Waals surface area contributed by atoms with Gasteiger partial charge in [0.05, 0.1) is 24.2 Å². The Hall–Kier alpha value is -2.11. The molecule has 0 fully saturated rings. The van der Waals surface area contributed by atoms with Crippen molar-refractivity contribution in [3.63, 3.8) is 0 Å². The Morgan fingerprint density at radius 2 is 2.04 bits per heavy atom.